The van der Waals surface area contributed by atoms with Crippen LogP contribution in [0.4, 0.5) is 5.69 Å². The van der Waals surface area contributed by atoms with Gasteiger partial charge in [-0.15, -0.1) is 0 Å². The molecule has 0 aliphatic carbocycles. The molecule has 3 rings (SSSR count). The summed E-state index contributed by atoms with van der Waals surface area (Å²) in [6.07, 6.45) is 0. The minimum atomic E-state index is -0.501. The highest BCUT2D eigenvalue weighted by Crippen LogP contribution is 2.35. The number of non-ortho nitro benzene ring substituents is 1. The lowest BCUT2D eigenvalue weighted by atomic mass is 9.97. The Morgan fingerprint density at radius 2 is 1.65 bits per heavy atom. The van der Waals surface area contributed by atoms with E-state index in [0.29, 0.717) is 16.9 Å². The number of benzene rings is 3. The molecule has 130 valence electrons. The number of hydrogen-bond acceptors (Lipinski definition) is 4. The van der Waals surface area contributed by atoms with Gasteiger partial charge in [0, 0.05) is 23.3 Å². The Morgan fingerprint density at radius 1 is 0.962 bits per heavy atom. The summed E-state index contributed by atoms with van der Waals surface area (Å²) < 4.78 is 5.41. The van der Waals surface area contributed by atoms with Gasteiger partial charge in [-0.3, -0.25) is 14.9 Å². The maximum Gasteiger partial charge on any atom is 0.270 e. The molecular formula is C20H16N2O4. The van der Waals surface area contributed by atoms with Gasteiger partial charge >= 0.3 is 0 Å². The molecule has 0 saturated carbocycles. The molecule has 0 spiro atoms. The monoisotopic (exact) mass is 348 g/mol. The predicted molar refractivity (Wildman–Crippen MR) is 99.0 cm³/mol. The van der Waals surface area contributed by atoms with Crippen LogP contribution in [0, 0.1) is 10.1 Å². The van der Waals surface area contributed by atoms with Crippen molar-refractivity contribution in [2.24, 2.45) is 5.73 Å². The average molecular weight is 348 g/mol. The van der Waals surface area contributed by atoms with Crippen molar-refractivity contribution in [2.45, 2.75) is 0 Å². The second-order valence-corrected chi connectivity index (χ2v) is 5.67. The Morgan fingerprint density at radius 3 is 2.35 bits per heavy atom. The zero-order chi connectivity index (χ0) is 18.7. The van der Waals surface area contributed by atoms with Gasteiger partial charge in [-0.05, 0) is 41.0 Å². The van der Waals surface area contributed by atoms with E-state index in [0.717, 1.165) is 16.7 Å². The zero-order valence-corrected chi connectivity index (χ0v) is 14.0. The first-order valence-electron chi connectivity index (χ1n) is 7.82. The van der Waals surface area contributed by atoms with Crippen molar-refractivity contribution in [3.8, 4) is 28.0 Å². The number of primary amides is 1. The number of carbonyl (C=O) groups is 1. The van der Waals surface area contributed by atoms with E-state index < -0.39 is 10.8 Å². The van der Waals surface area contributed by atoms with Gasteiger partial charge in [-0.2, -0.15) is 0 Å². The summed E-state index contributed by atoms with van der Waals surface area (Å²) in [5, 5.41) is 11.1. The molecule has 0 aliphatic heterocycles. The topological polar surface area (TPSA) is 95.5 Å². The highest BCUT2D eigenvalue weighted by Gasteiger charge is 2.13. The van der Waals surface area contributed by atoms with E-state index in [4.69, 9.17) is 10.5 Å². The standard InChI is InChI=1S/C20H16N2O4/c1-26-19-9-8-14(13-4-2-6-16(10-13)20(21)23)12-18(19)15-5-3-7-17(11-15)22(24)25/h2-12H,1H3,(H2,21,23). The average Bonchev–Trinajstić information content (AvgIpc) is 2.67. The maximum absolute atomic E-state index is 11.4. The molecular weight excluding hydrogens is 332 g/mol. The van der Waals surface area contributed by atoms with E-state index in [2.05, 4.69) is 0 Å². The van der Waals surface area contributed by atoms with Crippen LogP contribution in [0.2, 0.25) is 0 Å². The lowest BCUT2D eigenvalue weighted by Gasteiger charge is -2.12. The molecule has 6 heteroatoms. The van der Waals surface area contributed by atoms with Crippen molar-refractivity contribution in [3.05, 3.63) is 82.4 Å². The molecule has 0 radical (unpaired) electrons. The zero-order valence-electron chi connectivity index (χ0n) is 14.0. The number of rotatable bonds is 5. The van der Waals surface area contributed by atoms with Gasteiger partial charge in [0.05, 0.1) is 12.0 Å². The first-order chi connectivity index (χ1) is 12.5. The van der Waals surface area contributed by atoms with E-state index in [-0.39, 0.29) is 5.69 Å². The smallest absolute Gasteiger partial charge is 0.270 e. The molecule has 2 N–H and O–H groups in total. The van der Waals surface area contributed by atoms with Crippen molar-refractivity contribution in [2.75, 3.05) is 7.11 Å². The Balaban J connectivity index is 2.13. The van der Waals surface area contributed by atoms with Crippen LogP contribution >= 0.6 is 0 Å². The maximum atomic E-state index is 11.4. The number of hydrogen-bond donors (Lipinski definition) is 1. The molecule has 0 bridgehead atoms. The van der Waals surface area contributed by atoms with Crippen LogP contribution in [-0.2, 0) is 0 Å². The molecule has 1 amide bonds. The number of methoxy groups -OCH3 is 1. The van der Waals surface area contributed by atoms with Crippen LogP contribution in [-0.4, -0.2) is 17.9 Å². The highest BCUT2D eigenvalue weighted by atomic mass is 16.6. The first-order valence-corrected chi connectivity index (χ1v) is 7.82. The number of nitro benzene ring substituents is 1. The lowest BCUT2D eigenvalue weighted by molar-refractivity contribution is -0.384. The van der Waals surface area contributed by atoms with Gasteiger partial charge < -0.3 is 10.5 Å². The Labute approximate surface area is 150 Å². The summed E-state index contributed by atoms with van der Waals surface area (Å²) in [4.78, 5) is 22.0. The molecule has 0 unspecified atom stereocenters. The number of nitro groups is 1. The van der Waals surface area contributed by atoms with Crippen LogP contribution in [0.15, 0.2) is 66.7 Å². The summed E-state index contributed by atoms with van der Waals surface area (Å²) in [6.45, 7) is 0. The molecule has 0 heterocycles. The van der Waals surface area contributed by atoms with Gasteiger partial charge in [-0.1, -0.05) is 30.3 Å². The summed E-state index contributed by atoms with van der Waals surface area (Å²) in [7, 11) is 1.55. The molecule has 0 fully saturated rings. The second kappa shape index (κ2) is 7.06. The highest BCUT2D eigenvalue weighted by molar-refractivity contribution is 5.94. The number of amides is 1. The van der Waals surface area contributed by atoms with Crippen molar-refractivity contribution < 1.29 is 14.5 Å². The minimum absolute atomic E-state index is 0.00526. The Bertz CT molecular complexity index is 999. The fourth-order valence-corrected chi connectivity index (χ4v) is 2.75. The third kappa shape index (κ3) is 3.39. The van der Waals surface area contributed by atoms with Gasteiger partial charge in [0.25, 0.3) is 5.69 Å². The molecule has 3 aromatic carbocycles. The largest absolute Gasteiger partial charge is 0.496 e. The number of nitrogens with zero attached hydrogens (tertiary/aromatic N) is 1. The molecule has 3 aromatic rings. The summed E-state index contributed by atoms with van der Waals surface area (Å²) in [6, 6.07) is 18.9. The van der Waals surface area contributed by atoms with E-state index in [9.17, 15) is 14.9 Å². The third-order valence-corrected chi connectivity index (χ3v) is 4.05. The molecule has 0 atom stereocenters. The summed E-state index contributed by atoms with van der Waals surface area (Å²) in [5.41, 5.74) is 8.82. The third-order valence-electron chi connectivity index (χ3n) is 4.05. The van der Waals surface area contributed by atoms with Crippen molar-refractivity contribution >= 4 is 11.6 Å². The molecule has 26 heavy (non-hydrogen) atoms. The van der Waals surface area contributed by atoms with Crippen molar-refractivity contribution in [1.82, 2.24) is 0 Å². The Hall–Kier alpha value is -3.67. The van der Waals surface area contributed by atoms with Crippen LogP contribution in [0.25, 0.3) is 22.3 Å². The van der Waals surface area contributed by atoms with E-state index in [1.807, 2.05) is 18.2 Å². The van der Waals surface area contributed by atoms with Crippen LogP contribution in [0.1, 0.15) is 10.4 Å². The molecule has 0 saturated heterocycles. The van der Waals surface area contributed by atoms with Crippen molar-refractivity contribution in [3.63, 3.8) is 0 Å². The molecule has 0 aliphatic rings. The van der Waals surface area contributed by atoms with Crippen LogP contribution in [0.3, 0.4) is 0 Å². The quantitative estimate of drug-likeness (QED) is 0.556. The SMILES string of the molecule is COc1ccc(-c2cccc(C(N)=O)c2)cc1-c1cccc([N+](=O)[O-])c1. The van der Waals surface area contributed by atoms with Gasteiger partial charge in [0.2, 0.25) is 5.91 Å². The normalized spacial score (nSPS) is 10.3. The Kier molecular flexibility index (Phi) is 4.66. The molecule has 6 nitrogen and oxygen atoms in total. The number of nitrogens with two attached hydrogens (primary N) is 1. The number of ether oxygens (including phenoxy) is 1. The number of carbonyl (C=O) groups excluding carboxylic acids is 1. The second-order valence-electron chi connectivity index (χ2n) is 5.67. The minimum Gasteiger partial charge on any atom is -0.496 e. The van der Waals surface area contributed by atoms with Gasteiger partial charge in [-0.25, -0.2) is 0 Å². The lowest BCUT2D eigenvalue weighted by Crippen LogP contribution is -2.10. The fourth-order valence-electron chi connectivity index (χ4n) is 2.75. The summed E-state index contributed by atoms with van der Waals surface area (Å²) in [5.74, 6) is 0.0968. The van der Waals surface area contributed by atoms with Crippen molar-refractivity contribution in [1.29, 1.82) is 0 Å². The van der Waals surface area contributed by atoms with Crippen LogP contribution in [0.5, 0.6) is 5.75 Å². The van der Waals surface area contributed by atoms with E-state index in [1.54, 1.807) is 43.5 Å². The fraction of sp³-hybridized carbons (Fsp3) is 0.0500. The first kappa shape index (κ1) is 17.2. The molecule has 0 aromatic heterocycles. The van der Waals surface area contributed by atoms with E-state index in [1.165, 1.54) is 12.1 Å². The van der Waals surface area contributed by atoms with E-state index >= 15 is 0 Å². The van der Waals surface area contributed by atoms with Crippen LogP contribution < -0.4 is 10.5 Å². The summed E-state index contributed by atoms with van der Waals surface area (Å²) >= 11 is 0. The van der Waals surface area contributed by atoms with Gasteiger partial charge in [0.15, 0.2) is 0 Å². The van der Waals surface area contributed by atoms with Gasteiger partial charge in [0.1, 0.15) is 5.75 Å². The predicted octanol–water partition coefficient (Wildman–Crippen LogP) is 4.04.